The number of carbonyl (C=O) groups excluding carboxylic acids is 1. The standard InChI is InChI=1S/C20H24ClN5O3/c1-4-5-9-16(28)23-17-13(21)7-6-8-14(17)26-11-22-18(15(26)10-27)19-24-20(12(2)3)29-25-19/h6-8,11-12,27H,4-5,9-10H2,1-3H3,(H,23,28). The molecule has 1 amide bonds. The van der Waals surface area contributed by atoms with Crippen molar-refractivity contribution in [1.29, 1.82) is 0 Å². The van der Waals surface area contributed by atoms with Crippen LogP contribution in [0.25, 0.3) is 17.2 Å². The third kappa shape index (κ3) is 4.49. The number of hydrogen-bond acceptors (Lipinski definition) is 6. The Balaban J connectivity index is 2.02. The largest absolute Gasteiger partial charge is 0.390 e. The number of nitrogens with one attached hydrogen (secondary N) is 1. The average molecular weight is 418 g/mol. The van der Waals surface area contributed by atoms with Crippen LogP contribution >= 0.6 is 11.6 Å². The summed E-state index contributed by atoms with van der Waals surface area (Å²) >= 11 is 6.36. The topological polar surface area (TPSA) is 106 Å². The summed E-state index contributed by atoms with van der Waals surface area (Å²) in [5.74, 6) is 0.748. The molecule has 8 nitrogen and oxygen atoms in total. The van der Waals surface area contributed by atoms with E-state index in [4.69, 9.17) is 16.1 Å². The van der Waals surface area contributed by atoms with Gasteiger partial charge in [-0.25, -0.2) is 4.98 Å². The lowest BCUT2D eigenvalue weighted by atomic mass is 10.2. The molecule has 0 saturated heterocycles. The number of halogens is 1. The molecule has 2 aromatic heterocycles. The first-order valence-corrected chi connectivity index (χ1v) is 9.93. The number of anilines is 1. The van der Waals surface area contributed by atoms with Crippen LogP contribution < -0.4 is 5.32 Å². The van der Waals surface area contributed by atoms with E-state index in [1.54, 1.807) is 29.1 Å². The van der Waals surface area contributed by atoms with E-state index >= 15 is 0 Å². The van der Waals surface area contributed by atoms with Gasteiger partial charge in [0.15, 0.2) is 0 Å². The van der Waals surface area contributed by atoms with Crippen LogP contribution in [0.3, 0.4) is 0 Å². The second-order valence-electron chi connectivity index (χ2n) is 6.96. The Morgan fingerprint density at radius 1 is 1.38 bits per heavy atom. The maximum atomic E-state index is 12.3. The third-order valence-electron chi connectivity index (χ3n) is 4.44. The van der Waals surface area contributed by atoms with Crippen molar-refractivity contribution in [1.82, 2.24) is 19.7 Å². The summed E-state index contributed by atoms with van der Waals surface area (Å²) in [5, 5.41) is 17.3. The van der Waals surface area contributed by atoms with E-state index < -0.39 is 0 Å². The van der Waals surface area contributed by atoms with Gasteiger partial charge >= 0.3 is 0 Å². The molecule has 3 aromatic rings. The Labute approximate surface area is 173 Å². The van der Waals surface area contributed by atoms with Gasteiger partial charge in [0.1, 0.15) is 12.0 Å². The van der Waals surface area contributed by atoms with Gasteiger partial charge in [0.2, 0.25) is 17.6 Å². The molecule has 3 rings (SSSR count). The SMILES string of the molecule is CCCCC(=O)Nc1c(Cl)cccc1-n1cnc(-c2noc(C(C)C)n2)c1CO. The minimum atomic E-state index is -0.309. The van der Waals surface area contributed by atoms with E-state index in [2.05, 4.69) is 20.4 Å². The monoisotopic (exact) mass is 417 g/mol. The van der Waals surface area contributed by atoms with Gasteiger partial charge in [0.25, 0.3) is 0 Å². The molecule has 0 aliphatic heterocycles. The quantitative estimate of drug-likeness (QED) is 0.565. The summed E-state index contributed by atoms with van der Waals surface area (Å²) in [4.78, 5) is 21.0. The lowest BCUT2D eigenvalue weighted by Crippen LogP contribution is -2.14. The van der Waals surface area contributed by atoms with Gasteiger partial charge in [-0.2, -0.15) is 4.98 Å². The van der Waals surface area contributed by atoms with Gasteiger partial charge in [-0.1, -0.05) is 50.0 Å². The van der Waals surface area contributed by atoms with Crippen molar-refractivity contribution in [2.45, 2.75) is 52.6 Å². The predicted molar refractivity (Wildman–Crippen MR) is 110 cm³/mol. The van der Waals surface area contributed by atoms with Crippen LogP contribution in [0, 0.1) is 0 Å². The average Bonchev–Trinajstić information content (AvgIpc) is 3.34. The Hall–Kier alpha value is -2.71. The molecule has 0 aliphatic carbocycles. The van der Waals surface area contributed by atoms with Gasteiger partial charge in [0.05, 0.1) is 28.7 Å². The highest BCUT2D eigenvalue weighted by Gasteiger charge is 2.21. The number of hydrogen-bond donors (Lipinski definition) is 2. The Bertz CT molecular complexity index is 996. The van der Waals surface area contributed by atoms with Crippen LogP contribution in [0.1, 0.15) is 57.5 Å². The number of amides is 1. The number of unbranched alkanes of at least 4 members (excludes halogenated alkanes) is 1. The van der Waals surface area contributed by atoms with Crippen molar-refractivity contribution in [3.63, 3.8) is 0 Å². The Morgan fingerprint density at radius 3 is 2.83 bits per heavy atom. The Kier molecular flexibility index (Phi) is 6.66. The van der Waals surface area contributed by atoms with Gasteiger partial charge in [-0.3, -0.25) is 9.36 Å². The zero-order valence-corrected chi connectivity index (χ0v) is 17.4. The minimum Gasteiger partial charge on any atom is -0.390 e. The first-order valence-electron chi connectivity index (χ1n) is 9.56. The number of aliphatic hydroxyl groups excluding tert-OH is 1. The van der Waals surface area contributed by atoms with Crippen LogP contribution in [0.4, 0.5) is 5.69 Å². The third-order valence-corrected chi connectivity index (χ3v) is 4.75. The highest BCUT2D eigenvalue weighted by atomic mass is 35.5. The second kappa shape index (κ2) is 9.19. The van der Waals surface area contributed by atoms with Crippen LogP contribution in [-0.4, -0.2) is 30.7 Å². The lowest BCUT2D eigenvalue weighted by molar-refractivity contribution is -0.116. The van der Waals surface area contributed by atoms with E-state index in [0.717, 1.165) is 12.8 Å². The fraction of sp³-hybridized carbons (Fsp3) is 0.400. The van der Waals surface area contributed by atoms with Crippen molar-refractivity contribution in [2.24, 2.45) is 0 Å². The number of para-hydroxylation sites is 1. The molecule has 0 bridgehead atoms. The molecule has 0 radical (unpaired) electrons. The number of imidazole rings is 1. The Morgan fingerprint density at radius 2 is 2.17 bits per heavy atom. The minimum absolute atomic E-state index is 0.0776. The first-order chi connectivity index (χ1) is 14.0. The smallest absolute Gasteiger partial charge is 0.229 e. The molecular formula is C20H24ClN5O3. The molecule has 0 fully saturated rings. The molecule has 0 unspecified atom stereocenters. The number of carbonyl (C=O) groups is 1. The number of nitrogens with zero attached hydrogens (tertiary/aromatic N) is 4. The van der Waals surface area contributed by atoms with Crippen LogP contribution in [-0.2, 0) is 11.4 Å². The highest BCUT2D eigenvalue weighted by Crippen LogP contribution is 2.32. The van der Waals surface area contributed by atoms with E-state index in [0.29, 0.717) is 45.9 Å². The number of aliphatic hydroxyl groups is 1. The molecule has 0 aliphatic rings. The zero-order valence-electron chi connectivity index (χ0n) is 16.6. The second-order valence-corrected chi connectivity index (χ2v) is 7.37. The molecule has 0 saturated carbocycles. The summed E-state index contributed by atoms with van der Waals surface area (Å²) in [6.45, 7) is 5.61. The maximum Gasteiger partial charge on any atom is 0.229 e. The van der Waals surface area contributed by atoms with Crippen molar-refractivity contribution < 1.29 is 14.4 Å². The fourth-order valence-corrected chi connectivity index (χ4v) is 3.08. The van der Waals surface area contributed by atoms with Crippen molar-refractivity contribution in [3.05, 3.63) is 41.1 Å². The van der Waals surface area contributed by atoms with Crippen molar-refractivity contribution in [3.8, 4) is 17.2 Å². The molecule has 2 heterocycles. The van der Waals surface area contributed by atoms with Gasteiger partial charge in [-0.15, -0.1) is 0 Å². The molecule has 0 atom stereocenters. The maximum absolute atomic E-state index is 12.3. The van der Waals surface area contributed by atoms with Crippen LogP contribution in [0.15, 0.2) is 29.0 Å². The highest BCUT2D eigenvalue weighted by molar-refractivity contribution is 6.34. The molecule has 2 N–H and O–H groups in total. The van der Waals surface area contributed by atoms with Gasteiger partial charge in [-0.05, 0) is 18.6 Å². The summed E-state index contributed by atoms with van der Waals surface area (Å²) in [7, 11) is 0. The number of rotatable bonds is 8. The molecule has 0 spiro atoms. The number of aromatic nitrogens is 4. The van der Waals surface area contributed by atoms with E-state index in [1.807, 2.05) is 20.8 Å². The molecule has 154 valence electrons. The van der Waals surface area contributed by atoms with Gasteiger partial charge < -0.3 is 14.9 Å². The van der Waals surface area contributed by atoms with Crippen LogP contribution in [0.2, 0.25) is 5.02 Å². The van der Waals surface area contributed by atoms with Crippen LogP contribution in [0.5, 0.6) is 0 Å². The summed E-state index contributed by atoms with van der Waals surface area (Å²) in [5.41, 5.74) is 1.93. The molecule has 9 heteroatoms. The summed E-state index contributed by atoms with van der Waals surface area (Å²) < 4.78 is 6.93. The fourth-order valence-electron chi connectivity index (χ4n) is 2.86. The van der Waals surface area contributed by atoms with Crippen molar-refractivity contribution in [2.75, 3.05) is 5.32 Å². The van der Waals surface area contributed by atoms with Gasteiger partial charge in [0, 0.05) is 12.3 Å². The lowest BCUT2D eigenvalue weighted by Gasteiger charge is -2.15. The zero-order chi connectivity index (χ0) is 21.0. The summed E-state index contributed by atoms with van der Waals surface area (Å²) in [6.07, 6.45) is 3.66. The van der Waals surface area contributed by atoms with E-state index in [-0.39, 0.29) is 18.4 Å². The number of benzene rings is 1. The van der Waals surface area contributed by atoms with E-state index in [1.165, 1.54) is 0 Å². The molecule has 1 aromatic carbocycles. The van der Waals surface area contributed by atoms with E-state index in [9.17, 15) is 9.90 Å². The normalized spacial score (nSPS) is 11.2. The molecule has 29 heavy (non-hydrogen) atoms. The predicted octanol–water partition coefficient (Wildman–Crippen LogP) is 4.32. The van der Waals surface area contributed by atoms with Crippen molar-refractivity contribution >= 4 is 23.2 Å². The first kappa shape index (κ1) is 21.0. The summed E-state index contributed by atoms with van der Waals surface area (Å²) in [6, 6.07) is 5.26. The molecular weight excluding hydrogens is 394 g/mol.